The molecule has 0 aliphatic heterocycles. The average molecular weight is 262 g/mol. The first kappa shape index (κ1) is 13.6. The molecule has 1 aliphatic carbocycles. The molecular formula is C15H18O4. The molecule has 102 valence electrons. The van der Waals surface area contributed by atoms with Crippen LogP contribution in [0, 0.1) is 11.8 Å². The highest BCUT2D eigenvalue weighted by Crippen LogP contribution is 2.34. The van der Waals surface area contributed by atoms with Crippen molar-refractivity contribution in [1.82, 2.24) is 0 Å². The maximum Gasteiger partial charge on any atom is 0.306 e. The van der Waals surface area contributed by atoms with E-state index < -0.39 is 5.97 Å². The Labute approximate surface area is 112 Å². The summed E-state index contributed by atoms with van der Waals surface area (Å²) in [5.41, 5.74) is 0.587. The predicted molar refractivity (Wildman–Crippen MR) is 70.4 cm³/mol. The molecule has 0 aromatic heterocycles. The molecule has 0 bridgehead atoms. The number of hydrogen-bond donors (Lipinski definition) is 1. The lowest BCUT2D eigenvalue weighted by Gasteiger charge is -2.11. The van der Waals surface area contributed by atoms with Crippen LogP contribution in [0.2, 0.25) is 0 Å². The van der Waals surface area contributed by atoms with Crippen molar-refractivity contribution in [1.29, 1.82) is 0 Å². The minimum absolute atomic E-state index is 0.0356. The number of carbonyl (C=O) groups excluding carboxylic acids is 1. The van der Waals surface area contributed by atoms with Gasteiger partial charge in [0.15, 0.2) is 5.78 Å². The number of ether oxygens (including phenoxy) is 1. The van der Waals surface area contributed by atoms with Gasteiger partial charge in [-0.05, 0) is 37.3 Å². The van der Waals surface area contributed by atoms with Gasteiger partial charge in [-0.2, -0.15) is 0 Å². The van der Waals surface area contributed by atoms with Gasteiger partial charge in [-0.15, -0.1) is 0 Å². The summed E-state index contributed by atoms with van der Waals surface area (Å²) in [5, 5.41) is 8.96. The van der Waals surface area contributed by atoms with Crippen molar-refractivity contribution < 1.29 is 19.4 Å². The van der Waals surface area contributed by atoms with Gasteiger partial charge in [0.25, 0.3) is 0 Å². The van der Waals surface area contributed by atoms with Crippen molar-refractivity contribution in [2.75, 3.05) is 7.11 Å². The number of para-hydroxylation sites is 1. The zero-order valence-corrected chi connectivity index (χ0v) is 11.0. The molecule has 19 heavy (non-hydrogen) atoms. The minimum Gasteiger partial charge on any atom is -0.496 e. The average Bonchev–Trinajstić information content (AvgIpc) is 2.87. The summed E-state index contributed by atoms with van der Waals surface area (Å²) in [4.78, 5) is 23.1. The topological polar surface area (TPSA) is 63.6 Å². The summed E-state index contributed by atoms with van der Waals surface area (Å²) in [5.74, 6) is -0.227. The van der Waals surface area contributed by atoms with Crippen molar-refractivity contribution in [3.05, 3.63) is 29.8 Å². The molecular weight excluding hydrogens is 244 g/mol. The van der Waals surface area contributed by atoms with Gasteiger partial charge in [0, 0.05) is 6.42 Å². The molecule has 1 fully saturated rings. The van der Waals surface area contributed by atoms with Crippen molar-refractivity contribution in [3.8, 4) is 5.75 Å². The molecule has 2 atom stereocenters. The van der Waals surface area contributed by atoms with Crippen LogP contribution in [0.25, 0.3) is 0 Å². The fourth-order valence-corrected chi connectivity index (χ4v) is 2.73. The number of aliphatic carboxylic acids is 1. The minimum atomic E-state index is -0.743. The van der Waals surface area contributed by atoms with E-state index in [2.05, 4.69) is 0 Å². The number of carboxylic acids is 1. The van der Waals surface area contributed by atoms with Crippen LogP contribution in [-0.2, 0) is 4.79 Å². The number of rotatable bonds is 5. The number of carboxylic acid groups (broad SMARTS) is 1. The highest BCUT2D eigenvalue weighted by Gasteiger charge is 2.31. The van der Waals surface area contributed by atoms with Gasteiger partial charge in [0.2, 0.25) is 0 Å². The summed E-state index contributed by atoms with van der Waals surface area (Å²) in [7, 11) is 1.54. The first-order valence-corrected chi connectivity index (χ1v) is 6.51. The van der Waals surface area contributed by atoms with Gasteiger partial charge in [-0.25, -0.2) is 0 Å². The van der Waals surface area contributed by atoms with Gasteiger partial charge in [0.05, 0.1) is 18.6 Å². The molecule has 0 heterocycles. The van der Waals surface area contributed by atoms with Crippen LogP contribution in [0.5, 0.6) is 5.75 Å². The molecule has 0 saturated heterocycles. The summed E-state index contributed by atoms with van der Waals surface area (Å²) in [6.45, 7) is 0. The Morgan fingerprint density at radius 2 is 2.05 bits per heavy atom. The van der Waals surface area contributed by atoms with E-state index in [9.17, 15) is 9.59 Å². The molecule has 2 rings (SSSR count). The Kier molecular flexibility index (Phi) is 4.20. The van der Waals surface area contributed by atoms with Crippen LogP contribution in [0.15, 0.2) is 24.3 Å². The maximum absolute atomic E-state index is 12.2. The number of ketones is 1. The zero-order valence-electron chi connectivity index (χ0n) is 11.0. The fourth-order valence-electron chi connectivity index (χ4n) is 2.73. The van der Waals surface area contributed by atoms with Gasteiger partial charge < -0.3 is 9.84 Å². The number of Topliss-reactive ketones (excluding diaryl/α,β-unsaturated/α-hetero) is 1. The molecule has 2 unspecified atom stereocenters. The van der Waals surface area contributed by atoms with Crippen LogP contribution in [0.4, 0.5) is 0 Å². The number of benzene rings is 1. The monoisotopic (exact) mass is 262 g/mol. The number of hydrogen-bond acceptors (Lipinski definition) is 3. The Balaban J connectivity index is 2.00. The van der Waals surface area contributed by atoms with Crippen LogP contribution >= 0.6 is 0 Å². The van der Waals surface area contributed by atoms with E-state index in [1.165, 1.54) is 0 Å². The van der Waals surface area contributed by atoms with E-state index in [0.29, 0.717) is 30.6 Å². The molecule has 1 aromatic carbocycles. The van der Waals surface area contributed by atoms with Crippen LogP contribution in [0.3, 0.4) is 0 Å². The van der Waals surface area contributed by atoms with Gasteiger partial charge >= 0.3 is 5.97 Å². The second-order valence-corrected chi connectivity index (χ2v) is 5.04. The van der Waals surface area contributed by atoms with Crippen molar-refractivity contribution >= 4 is 11.8 Å². The molecule has 4 heteroatoms. The first-order valence-electron chi connectivity index (χ1n) is 6.51. The maximum atomic E-state index is 12.2. The third-order valence-corrected chi connectivity index (χ3v) is 3.77. The third-order valence-electron chi connectivity index (χ3n) is 3.77. The van der Waals surface area contributed by atoms with Crippen LogP contribution in [0.1, 0.15) is 36.0 Å². The lowest BCUT2D eigenvalue weighted by molar-refractivity contribution is -0.141. The second-order valence-electron chi connectivity index (χ2n) is 5.04. The highest BCUT2D eigenvalue weighted by atomic mass is 16.5. The first-order chi connectivity index (χ1) is 9.11. The van der Waals surface area contributed by atoms with E-state index in [-0.39, 0.29) is 17.6 Å². The molecule has 1 N–H and O–H groups in total. The smallest absolute Gasteiger partial charge is 0.306 e. The van der Waals surface area contributed by atoms with E-state index in [1.807, 2.05) is 12.1 Å². The summed E-state index contributed by atoms with van der Waals surface area (Å²) in [6.07, 6.45) is 2.51. The largest absolute Gasteiger partial charge is 0.496 e. The Morgan fingerprint density at radius 1 is 1.32 bits per heavy atom. The molecule has 1 aliphatic rings. The third kappa shape index (κ3) is 3.13. The molecule has 0 radical (unpaired) electrons. The Hall–Kier alpha value is -1.84. The molecule has 0 spiro atoms. The highest BCUT2D eigenvalue weighted by molar-refractivity contribution is 5.98. The van der Waals surface area contributed by atoms with Crippen molar-refractivity contribution in [3.63, 3.8) is 0 Å². The van der Waals surface area contributed by atoms with Gasteiger partial charge in [-0.3, -0.25) is 9.59 Å². The zero-order chi connectivity index (χ0) is 13.8. The van der Waals surface area contributed by atoms with E-state index in [4.69, 9.17) is 9.84 Å². The number of carbonyl (C=O) groups is 2. The second kappa shape index (κ2) is 5.87. The summed E-state index contributed by atoms with van der Waals surface area (Å²) in [6, 6.07) is 7.16. The normalized spacial score (nSPS) is 22.2. The van der Waals surface area contributed by atoms with Gasteiger partial charge in [-0.1, -0.05) is 12.1 Å². The lowest BCUT2D eigenvalue weighted by Crippen LogP contribution is -2.11. The summed E-state index contributed by atoms with van der Waals surface area (Å²) < 4.78 is 5.18. The van der Waals surface area contributed by atoms with E-state index in [1.54, 1.807) is 19.2 Å². The lowest BCUT2D eigenvalue weighted by atomic mass is 9.95. The Bertz CT molecular complexity index is 481. The van der Waals surface area contributed by atoms with Crippen molar-refractivity contribution in [2.24, 2.45) is 11.8 Å². The predicted octanol–water partition coefficient (Wildman–Crippen LogP) is 2.77. The van der Waals surface area contributed by atoms with E-state index >= 15 is 0 Å². The fraction of sp³-hybridized carbons (Fsp3) is 0.467. The Morgan fingerprint density at radius 3 is 2.68 bits per heavy atom. The molecule has 0 amide bonds. The van der Waals surface area contributed by atoms with Crippen LogP contribution in [-0.4, -0.2) is 24.0 Å². The van der Waals surface area contributed by atoms with Crippen molar-refractivity contribution in [2.45, 2.75) is 25.7 Å². The van der Waals surface area contributed by atoms with E-state index in [0.717, 1.165) is 6.42 Å². The molecule has 1 aromatic rings. The number of methoxy groups -OCH3 is 1. The SMILES string of the molecule is COc1ccccc1C(=O)CC1CCC(C(=O)O)C1. The van der Waals surface area contributed by atoms with Crippen LogP contribution < -0.4 is 4.74 Å². The molecule has 1 saturated carbocycles. The quantitative estimate of drug-likeness (QED) is 0.829. The summed E-state index contributed by atoms with van der Waals surface area (Å²) >= 11 is 0. The standard InChI is InChI=1S/C15H18O4/c1-19-14-5-3-2-4-12(14)13(16)9-10-6-7-11(8-10)15(17)18/h2-5,10-11H,6-9H2,1H3,(H,17,18). The van der Waals surface area contributed by atoms with Gasteiger partial charge in [0.1, 0.15) is 5.75 Å². The molecule has 4 nitrogen and oxygen atoms in total.